The van der Waals surface area contributed by atoms with Crippen LogP contribution in [0.25, 0.3) is 0 Å². The first kappa shape index (κ1) is 9.17. The van der Waals surface area contributed by atoms with Crippen LogP contribution in [0, 0.1) is 11.8 Å². The van der Waals surface area contributed by atoms with Gasteiger partial charge in [0.25, 0.3) is 0 Å². The van der Waals surface area contributed by atoms with Crippen molar-refractivity contribution in [2.45, 2.75) is 38.5 Å². The highest BCUT2D eigenvalue weighted by Crippen LogP contribution is 2.35. The average molecular weight is 194 g/mol. The number of nitrogens with zero attached hydrogens (tertiary/aromatic N) is 2. The maximum atomic E-state index is 2.65. The van der Waals surface area contributed by atoms with E-state index in [2.05, 4.69) is 10.0 Å². The largest absolute Gasteiger partial charge is 0.241 e. The van der Waals surface area contributed by atoms with Crippen molar-refractivity contribution < 1.29 is 0 Å². The third kappa shape index (κ3) is 1.59. The zero-order chi connectivity index (χ0) is 9.38. The molecule has 1 aliphatic carbocycles. The molecule has 3 rings (SSSR count). The van der Waals surface area contributed by atoms with Gasteiger partial charge in [0.05, 0.1) is 0 Å². The smallest absolute Gasteiger partial charge is 0.0164 e. The Morgan fingerprint density at radius 3 is 1.64 bits per heavy atom. The Kier molecular flexibility index (Phi) is 2.50. The number of hydrogen-bond acceptors (Lipinski definition) is 2. The number of fused-ring (bicyclic) bond motifs is 2. The maximum absolute atomic E-state index is 2.65. The zero-order valence-electron chi connectivity index (χ0n) is 9.12. The van der Waals surface area contributed by atoms with E-state index >= 15 is 0 Å². The molecular weight excluding hydrogens is 172 g/mol. The molecule has 2 aliphatic heterocycles. The van der Waals surface area contributed by atoms with E-state index < -0.39 is 0 Å². The van der Waals surface area contributed by atoms with Gasteiger partial charge in [-0.2, -0.15) is 0 Å². The molecule has 80 valence electrons. The Hall–Kier alpha value is -0.0800. The summed E-state index contributed by atoms with van der Waals surface area (Å²) in [5, 5.41) is 5.30. The van der Waals surface area contributed by atoms with Crippen LogP contribution in [0.4, 0.5) is 0 Å². The molecule has 3 fully saturated rings. The fourth-order valence-corrected chi connectivity index (χ4v) is 3.59. The van der Waals surface area contributed by atoms with Crippen LogP contribution in [0.5, 0.6) is 0 Å². The summed E-state index contributed by atoms with van der Waals surface area (Å²) in [5.41, 5.74) is 0. The van der Waals surface area contributed by atoms with Crippen molar-refractivity contribution in [3.8, 4) is 0 Å². The topological polar surface area (TPSA) is 6.48 Å². The molecule has 0 aromatic rings. The average Bonchev–Trinajstić information content (AvgIpc) is 2.26. The molecule has 0 bridgehead atoms. The van der Waals surface area contributed by atoms with E-state index in [0.717, 1.165) is 11.8 Å². The van der Waals surface area contributed by atoms with E-state index in [1.54, 1.807) is 0 Å². The molecule has 2 atom stereocenters. The van der Waals surface area contributed by atoms with Crippen LogP contribution < -0.4 is 0 Å². The van der Waals surface area contributed by atoms with Crippen LogP contribution in [0.1, 0.15) is 38.5 Å². The van der Waals surface area contributed by atoms with Crippen LogP contribution in [0.2, 0.25) is 0 Å². The second-order valence-corrected chi connectivity index (χ2v) is 5.34. The molecule has 14 heavy (non-hydrogen) atoms. The fourth-order valence-electron chi connectivity index (χ4n) is 3.59. The molecule has 0 amide bonds. The summed E-state index contributed by atoms with van der Waals surface area (Å²) in [7, 11) is 0. The summed E-state index contributed by atoms with van der Waals surface area (Å²) in [6.07, 6.45) is 8.86. The third-order valence-corrected chi connectivity index (χ3v) is 4.44. The molecule has 1 saturated carbocycles. The van der Waals surface area contributed by atoms with Gasteiger partial charge in [-0.1, -0.05) is 12.8 Å². The highest BCUT2D eigenvalue weighted by Gasteiger charge is 2.35. The van der Waals surface area contributed by atoms with Gasteiger partial charge < -0.3 is 0 Å². The van der Waals surface area contributed by atoms with Crippen LogP contribution in [-0.2, 0) is 0 Å². The van der Waals surface area contributed by atoms with Crippen LogP contribution >= 0.6 is 0 Å². The first-order valence-electron chi connectivity index (χ1n) is 6.43. The summed E-state index contributed by atoms with van der Waals surface area (Å²) in [6, 6.07) is 0. The predicted octanol–water partition coefficient (Wildman–Crippen LogP) is 2.12. The monoisotopic (exact) mass is 194 g/mol. The van der Waals surface area contributed by atoms with Crippen molar-refractivity contribution in [2.75, 3.05) is 26.2 Å². The van der Waals surface area contributed by atoms with Crippen molar-refractivity contribution in [1.82, 2.24) is 10.0 Å². The molecule has 2 heterocycles. The minimum absolute atomic E-state index is 1.04. The maximum Gasteiger partial charge on any atom is 0.0164 e. The molecule has 0 spiro atoms. The van der Waals surface area contributed by atoms with E-state index in [1.165, 1.54) is 64.7 Å². The van der Waals surface area contributed by atoms with E-state index in [-0.39, 0.29) is 0 Å². The molecule has 0 aromatic heterocycles. The summed E-state index contributed by atoms with van der Waals surface area (Å²) in [5.74, 6) is 2.08. The molecule has 2 nitrogen and oxygen atoms in total. The second kappa shape index (κ2) is 3.82. The minimum Gasteiger partial charge on any atom is -0.241 e. The van der Waals surface area contributed by atoms with Crippen LogP contribution in [-0.4, -0.2) is 36.2 Å². The van der Waals surface area contributed by atoms with Gasteiger partial charge in [0.1, 0.15) is 0 Å². The molecule has 0 radical (unpaired) electrons. The lowest BCUT2D eigenvalue weighted by Gasteiger charge is -2.50. The third-order valence-electron chi connectivity index (χ3n) is 4.44. The molecule has 2 saturated heterocycles. The van der Waals surface area contributed by atoms with E-state index in [9.17, 15) is 0 Å². The Bertz CT molecular complexity index is 162. The first-order valence-corrected chi connectivity index (χ1v) is 6.43. The lowest BCUT2D eigenvalue weighted by Crippen LogP contribution is -2.57. The first-order chi connectivity index (χ1) is 6.93. The molecule has 0 aromatic carbocycles. The van der Waals surface area contributed by atoms with Gasteiger partial charge in [0, 0.05) is 26.2 Å². The highest BCUT2D eigenvalue weighted by atomic mass is 15.6. The fraction of sp³-hybridized carbons (Fsp3) is 1.00. The summed E-state index contributed by atoms with van der Waals surface area (Å²) < 4.78 is 0. The standard InChI is InChI=1S/C12H22N2/c1-2-6-12-10-14-8-4-3-7-13(14)9-11(12)5-1/h11-12H,1-10H2. The van der Waals surface area contributed by atoms with Gasteiger partial charge in [-0.3, -0.25) is 0 Å². The van der Waals surface area contributed by atoms with Gasteiger partial charge >= 0.3 is 0 Å². The Morgan fingerprint density at radius 1 is 0.643 bits per heavy atom. The van der Waals surface area contributed by atoms with Gasteiger partial charge in [-0.15, -0.1) is 0 Å². The number of rotatable bonds is 0. The van der Waals surface area contributed by atoms with Gasteiger partial charge in [0.2, 0.25) is 0 Å². The zero-order valence-corrected chi connectivity index (χ0v) is 9.12. The molecule has 2 heteroatoms. The predicted molar refractivity (Wildman–Crippen MR) is 57.8 cm³/mol. The van der Waals surface area contributed by atoms with E-state index in [4.69, 9.17) is 0 Å². The lowest BCUT2D eigenvalue weighted by molar-refractivity contribution is -0.121. The SMILES string of the molecule is C1CCC2CN3CCCCN3CC2C1. The molecular formula is C12H22N2. The summed E-state index contributed by atoms with van der Waals surface area (Å²) in [6.45, 7) is 5.43. The normalized spacial score (nSPS) is 40.3. The summed E-state index contributed by atoms with van der Waals surface area (Å²) in [4.78, 5) is 0. The summed E-state index contributed by atoms with van der Waals surface area (Å²) >= 11 is 0. The van der Waals surface area contributed by atoms with Crippen molar-refractivity contribution >= 4 is 0 Å². The Morgan fingerprint density at radius 2 is 1.14 bits per heavy atom. The lowest BCUT2D eigenvalue weighted by atomic mass is 9.77. The molecule has 0 N–H and O–H groups in total. The van der Waals surface area contributed by atoms with Crippen LogP contribution in [0.15, 0.2) is 0 Å². The molecule has 3 aliphatic rings. The quantitative estimate of drug-likeness (QED) is 0.583. The van der Waals surface area contributed by atoms with E-state index in [1.807, 2.05) is 0 Å². The van der Waals surface area contributed by atoms with Crippen molar-refractivity contribution in [2.24, 2.45) is 11.8 Å². The van der Waals surface area contributed by atoms with Crippen molar-refractivity contribution in [3.63, 3.8) is 0 Å². The van der Waals surface area contributed by atoms with Gasteiger partial charge in [-0.05, 0) is 37.5 Å². The minimum atomic E-state index is 1.04. The Labute approximate surface area is 87.2 Å². The highest BCUT2D eigenvalue weighted by molar-refractivity contribution is 4.85. The van der Waals surface area contributed by atoms with Crippen molar-refractivity contribution in [3.05, 3.63) is 0 Å². The Balaban J connectivity index is 1.68. The second-order valence-electron chi connectivity index (χ2n) is 5.34. The van der Waals surface area contributed by atoms with Crippen molar-refractivity contribution in [1.29, 1.82) is 0 Å². The number of hydrazine groups is 1. The number of hydrogen-bond donors (Lipinski definition) is 0. The van der Waals surface area contributed by atoms with Crippen LogP contribution in [0.3, 0.4) is 0 Å². The van der Waals surface area contributed by atoms with Gasteiger partial charge in [0.15, 0.2) is 0 Å². The van der Waals surface area contributed by atoms with Gasteiger partial charge in [-0.25, -0.2) is 10.0 Å². The van der Waals surface area contributed by atoms with E-state index in [0.29, 0.717) is 0 Å². The molecule has 2 unspecified atom stereocenters.